The van der Waals surface area contributed by atoms with Gasteiger partial charge in [-0.2, -0.15) is 0 Å². The topological polar surface area (TPSA) is 46.5 Å². The molecule has 0 aliphatic heterocycles. The zero-order chi connectivity index (χ0) is 11.3. The van der Waals surface area contributed by atoms with Crippen molar-refractivity contribution in [3.8, 4) is 5.75 Å². The van der Waals surface area contributed by atoms with Gasteiger partial charge in [0.1, 0.15) is 5.56 Å². The van der Waals surface area contributed by atoms with Gasteiger partial charge in [-0.15, -0.1) is 0 Å². The van der Waals surface area contributed by atoms with E-state index in [1.807, 2.05) is 0 Å². The third-order valence-electron chi connectivity index (χ3n) is 1.72. The van der Waals surface area contributed by atoms with Crippen LogP contribution in [0, 0.1) is 0 Å². The first kappa shape index (κ1) is 11.8. The van der Waals surface area contributed by atoms with Crippen LogP contribution in [0.1, 0.15) is 16.8 Å². The Kier molecular flexibility index (Phi) is 4.37. The van der Waals surface area contributed by atoms with Gasteiger partial charge in [0.15, 0.2) is 5.75 Å². The van der Waals surface area contributed by atoms with Crippen molar-refractivity contribution in [3.05, 3.63) is 28.8 Å². The fraction of sp³-hybridized carbons (Fsp3) is 0.300. The van der Waals surface area contributed by atoms with Crippen molar-refractivity contribution in [2.45, 2.75) is 6.42 Å². The average Bonchev–Trinajstić information content (AvgIpc) is 2.20. The van der Waals surface area contributed by atoms with Gasteiger partial charge in [0, 0.05) is 6.42 Å². The Hall–Kier alpha value is -1.29. The minimum absolute atomic E-state index is 0.0126. The highest BCUT2D eigenvalue weighted by Crippen LogP contribution is 2.28. The maximum absolute atomic E-state index is 11.8. The smallest absolute Gasteiger partial charge is 0.339 e. The zero-order valence-electron chi connectivity index (χ0n) is 7.87. The lowest BCUT2D eigenvalue weighted by Crippen LogP contribution is -2.05. The Bertz CT molecular complexity index is 355. The quantitative estimate of drug-likeness (QED) is 0.794. The number of carboxylic acids is 1. The molecule has 82 valence electrons. The van der Waals surface area contributed by atoms with E-state index in [-0.39, 0.29) is 29.4 Å². The molecule has 0 saturated carbocycles. The molecule has 1 N–H and O–H groups in total. The second-order valence-corrected chi connectivity index (χ2v) is 3.22. The fourth-order valence-electron chi connectivity index (χ4n) is 1.05. The van der Waals surface area contributed by atoms with Crippen molar-refractivity contribution in [2.24, 2.45) is 0 Å². The SMILES string of the molecule is O=C(O)c1cccc(Cl)c1OCCCF. The first-order chi connectivity index (χ1) is 7.16. The van der Waals surface area contributed by atoms with Crippen LogP contribution in [-0.4, -0.2) is 24.4 Å². The number of para-hydroxylation sites is 1. The van der Waals surface area contributed by atoms with Crippen LogP contribution in [0.2, 0.25) is 5.02 Å². The molecule has 0 unspecified atom stereocenters. The van der Waals surface area contributed by atoms with Gasteiger partial charge in [-0.25, -0.2) is 4.79 Å². The molecule has 3 nitrogen and oxygen atoms in total. The lowest BCUT2D eigenvalue weighted by Gasteiger charge is -2.09. The second-order valence-electron chi connectivity index (χ2n) is 2.81. The molecule has 0 aromatic heterocycles. The minimum atomic E-state index is -1.12. The highest BCUT2D eigenvalue weighted by molar-refractivity contribution is 6.32. The van der Waals surface area contributed by atoms with E-state index in [0.29, 0.717) is 0 Å². The number of hydrogen-bond acceptors (Lipinski definition) is 2. The molecule has 0 heterocycles. The number of benzene rings is 1. The number of carbonyl (C=O) groups is 1. The van der Waals surface area contributed by atoms with Gasteiger partial charge in [0.2, 0.25) is 0 Å². The molecule has 0 saturated heterocycles. The van der Waals surface area contributed by atoms with Crippen LogP contribution in [0.3, 0.4) is 0 Å². The molecular formula is C10H10ClFO3. The Balaban J connectivity index is 2.87. The van der Waals surface area contributed by atoms with Gasteiger partial charge in [-0.05, 0) is 12.1 Å². The summed E-state index contributed by atoms with van der Waals surface area (Å²) in [4.78, 5) is 10.8. The Labute approximate surface area is 91.4 Å². The molecule has 0 aliphatic rings. The fourth-order valence-corrected chi connectivity index (χ4v) is 1.28. The molecule has 15 heavy (non-hydrogen) atoms. The van der Waals surface area contributed by atoms with Crippen molar-refractivity contribution < 1.29 is 19.0 Å². The van der Waals surface area contributed by atoms with Crippen LogP contribution in [0.5, 0.6) is 5.75 Å². The van der Waals surface area contributed by atoms with Crippen molar-refractivity contribution >= 4 is 17.6 Å². The van der Waals surface area contributed by atoms with E-state index in [1.165, 1.54) is 18.2 Å². The summed E-state index contributed by atoms with van der Waals surface area (Å²) in [5.74, 6) is -1.02. The Morgan fingerprint density at radius 3 is 2.87 bits per heavy atom. The maximum Gasteiger partial charge on any atom is 0.339 e. The summed E-state index contributed by atoms with van der Waals surface area (Å²) >= 11 is 5.77. The summed E-state index contributed by atoms with van der Waals surface area (Å²) in [5.41, 5.74) is -0.0126. The summed E-state index contributed by atoms with van der Waals surface area (Å²) in [5, 5.41) is 9.05. The van der Waals surface area contributed by atoms with Crippen molar-refractivity contribution in [3.63, 3.8) is 0 Å². The van der Waals surface area contributed by atoms with Gasteiger partial charge >= 0.3 is 5.97 Å². The number of hydrogen-bond donors (Lipinski definition) is 1. The summed E-state index contributed by atoms with van der Waals surface area (Å²) in [7, 11) is 0. The Morgan fingerprint density at radius 1 is 1.53 bits per heavy atom. The third-order valence-corrected chi connectivity index (χ3v) is 2.02. The van der Waals surface area contributed by atoms with Crippen LogP contribution in [0.15, 0.2) is 18.2 Å². The molecule has 5 heteroatoms. The van der Waals surface area contributed by atoms with Gasteiger partial charge in [-0.3, -0.25) is 4.39 Å². The normalized spacial score (nSPS) is 10.0. The summed E-state index contributed by atoms with van der Waals surface area (Å²) < 4.78 is 16.9. The van der Waals surface area contributed by atoms with Gasteiger partial charge in [-0.1, -0.05) is 17.7 Å². The summed E-state index contributed by atoms with van der Waals surface area (Å²) in [6.45, 7) is -0.395. The van der Waals surface area contributed by atoms with Crippen molar-refractivity contribution in [1.82, 2.24) is 0 Å². The van der Waals surface area contributed by atoms with E-state index in [2.05, 4.69) is 0 Å². The lowest BCUT2D eigenvalue weighted by atomic mass is 10.2. The van der Waals surface area contributed by atoms with Gasteiger partial charge in [0.05, 0.1) is 18.3 Å². The monoisotopic (exact) mass is 232 g/mol. The van der Waals surface area contributed by atoms with Gasteiger partial charge < -0.3 is 9.84 Å². The number of halogens is 2. The molecule has 0 fully saturated rings. The first-order valence-electron chi connectivity index (χ1n) is 4.37. The van der Waals surface area contributed by atoms with E-state index in [9.17, 15) is 9.18 Å². The van der Waals surface area contributed by atoms with E-state index >= 15 is 0 Å². The molecular weight excluding hydrogens is 223 g/mol. The molecule has 1 aromatic carbocycles. The van der Waals surface area contributed by atoms with Crippen molar-refractivity contribution in [2.75, 3.05) is 13.3 Å². The molecule has 0 radical (unpaired) electrons. The van der Waals surface area contributed by atoms with E-state index in [0.717, 1.165) is 0 Å². The average molecular weight is 233 g/mol. The lowest BCUT2D eigenvalue weighted by molar-refractivity contribution is 0.0692. The third kappa shape index (κ3) is 3.09. The van der Waals surface area contributed by atoms with E-state index < -0.39 is 12.6 Å². The first-order valence-corrected chi connectivity index (χ1v) is 4.75. The summed E-state index contributed by atoms with van der Waals surface area (Å²) in [6.07, 6.45) is 0.213. The van der Waals surface area contributed by atoms with Crippen molar-refractivity contribution in [1.29, 1.82) is 0 Å². The van der Waals surface area contributed by atoms with E-state index in [4.69, 9.17) is 21.4 Å². The largest absolute Gasteiger partial charge is 0.491 e. The molecule has 0 aliphatic carbocycles. The predicted octanol–water partition coefficient (Wildman–Crippen LogP) is 2.78. The van der Waals surface area contributed by atoms with Crippen LogP contribution in [0.4, 0.5) is 4.39 Å². The molecule has 1 aromatic rings. The number of alkyl halides is 1. The molecule has 1 rings (SSSR count). The van der Waals surface area contributed by atoms with Crippen LogP contribution >= 0.6 is 11.6 Å². The highest BCUT2D eigenvalue weighted by atomic mass is 35.5. The molecule has 0 atom stereocenters. The van der Waals surface area contributed by atoms with E-state index in [1.54, 1.807) is 0 Å². The number of ether oxygens (including phenoxy) is 1. The molecule has 0 bridgehead atoms. The Morgan fingerprint density at radius 2 is 2.27 bits per heavy atom. The molecule has 0 amide bonds. The second kappa shape index (κ2) is 5.56. The summed E-state index contributed by atoms with van der Waals surface area (Å²) in [6, 6.07) is 4.44. The standard InChI is InChI=1S/C10H10ClFO3/c11-8-4-1-3-7(10(13)14)9(8)15-6-2-5-12/h1,3-4H,2,5-6H2,(H,13,14). The van der Waals surface area contributed by atoms with Crippen LogP contribution in [0.25, 0.3) is 0 Å². The number of aromatic carboxylic acids is 1. The zero-order valence-corrected chi connectivity index (χ0v) is 8.63. The minimum Gasteiger partial charge on any atom is -0.491 e. The van der Waals surface area contributed by atoms with Crippen LogP contribution < -0.4 is 4.74 Å². The highest BCUT2D eigenvalue weighted by Gasteiger charge is 2.13. The van der Waals surface area contributed by atoms with Gasteiger partial charge in [0.25, 0.3) is 0 Å². The van der Waals surface area contributed by atoms with Crippen LogP contribution in [-0.2, 0) is 0 Å². The predicted molar refractivity (Wildman–Crippen MR) is 54.5 cm³/mol. The number of carboxylic acid groups (broad SMARTS) is 1. The maximum atomic E-state index is 11.8. The number of rotatable bonds is 5. The molecule has 0 spiro atoms.